The molecule has 0 N–H and O–H groups in total. The molecule has 146 valence electrons. The highest BCUT2D eigenvalue weighted by molar-refractivity contribution is 7.91. The van der Waals surface area contributed by atoms with Crippen molar-refractivity contribution in [2.24, 2.45) is 0 Å². The Morgan fingerprint density at radius 3 is 2.07 bits per heavy atom. The first-order valence-corrected chi connectivity index (χ1v) is 10.8. The van der Waals surface area contributed by atoms with Crippen LogP contribution in [0, 0.1) is 0 Å². The Balaban J connectivity index is 1.84. The smallest absolute Gasteiger partial charge is 0.236 e. The number of halogens is 2. The Labute approximate surface area is 172 Å². The van der Waals surface area contributed by atoms with Crippen LogP contribution in [0.3, 0.4) is 0 Å². The van der Waals surface area contributed by atoms with Gasteiger partial charge >= 0.3 is 0 Å². The average molecular weight is 439 g/mol. The summed E-state index contributed by atoms with van der Waals surface area (Å²) in [7, 11) is -3.90. The van der Waals surface area contributed by atoms with E-state index < -0.39 is 9.84 Å². The van der Waals surface area contributed by atoms with Gasteiger partial charge in [-0.15, -0.1) is 0 Å². The van der Waals surface area contributed by atoms with Gasteiger partial charge in [0.1, 0.15) is 0 Å². The summed E-state index contributed by atoms with van der Waals surface area (Å²) in [5.74, 6) is 0.425. The van der Waals surface area contributed by atoms with Crippen LogP contribution in [0.2, 0.25) is 10.0 Å². The molecule has 6 nitrogen and oxygen atoms in total. The van der Waals surface area contributed by atoms with E-state index in [4.69, 9.17) is 32.4 Å². The molecule has 1 saturated heterocycles. The van der Waals surface area contributed by atoms with Gasteiger partial charge in [-0.25, -0.2) is 8.42 Å². The minimum atomic E-state index is -3.90. The molecule has 0 unspecified atom stereocenters. The lowest BCUT2D eigenvalue weighted by atomic mass is 10.2. The van der Waals surface area contributed by atoms with Crippen LogP contribution in [0.15, 0.2) is 62.9 Å². The molecule has 28 heavy (non-hydrogen) atoms. The minimum Gasteiger partial charge on any atom is -0.419 e. The van der Waals surface area contributed by atoms with Crippen molar-refractivity contribution in [3.8, 4) is 11.5 Å². The second-order valence-corrected chi connectivity index (χ2v) is 8.93. The van der Waals surface area contributed by atoms with Crippen LogP contribution in [0.25, 0.3) is 11.5 Å². The van der Waals surface area contributed by atoms with E-state index in [2.05, 4.69) is 4.98 Å². The second kappa shape index (κ2) is 7.75. The summed E-state index contributed by atoms with van der Waals surface area (Å²) < 4.78 is 37.8. The first-order chi connectivity index (χ1) is 13.4. The highest BCUT2D eigenvalue weighted by Crippen LogP contribution is 2.35. The first-order valence-electron chi connectivity index (χ1n) is 8.55. The van der Waals surface area contributed by atoms with E-state index in [9.17, 15) is 8.42 Å². The molecule has 0 atom stereocenters. The molecule has 3 aromatic rings. The van der Waals surface area contributed by atoms with E-state index in [1.54, 1.807) is 24.3 Å². The predicted molar refractivity (Wildman–Crippen MR) is 107 cm³/mol. The van der Waals surface area contributed by atoms with Crippen LogP contribution in [0.4, 0.5) is 5.88 Å². The van der Waals surface area contributed by atoms with Crippen molar-refractivity contribution in [3.05, 3.63) is 58.6 Å². The zero-order valence-corrected chi connectivity index (χ0v) is 17.0. The van der Waals surface area contributed by atoms with E-state index in [0.717, 1.165) is 0 Å². The molecule has 0 amide bonds. The normalized spacial score (nSPS) is 15.0. The fourth-order valence-corrected chi connectivity index (χ4v) is 4.45. The molecule has 2 aromatic carbocycles. The Morgan fingerprint density at radius 1 is 0.893 bits per heavy atom. The van der Waals surface area contributed by atoms with Gasteiger partial charge in [-0.2, -0.15) is 4.98 Å². The largest absolute Gasteiger partial charge is 0.419 e. The van der Waals surface area contributed by atoms with E-state index in [0.29, 0.717) is 41.9 Å². The van der Waals surface area contributed by atoms with Crippen LogP contribution < -0.4 is 4.90 Å². The maximum absolute atomic E-state index is 13.3. The van der Waals surface area contributed by atoms with Gasteiger partial charge in [0.25, 0.3) is 0 Å². The van der Waals surface area contributed by atoms with Crippen molar-refractivity contribution in [1.29, 1.82) is 0 Å². The van der Waals surface area contributed by atoms with E-state index in [1.807, 2.05) is 4.90 Å². The molecule has 1 aliphatic heterocycles. The third-order valence-electron chi connectivity index (χ3n) is 4.35. The number of oxazole rings is 1. The SMILES string of the molecule is O=S(=O)(c1ccc(Cl)cc1)c1nc(-c2ccc(Cl)cc2)oc1N1CCOCC1. The zero-order valence-electron chi connectivity index (χ0n) is 14.6. The Morgan fingerprint density at radius 2 is 1.46 bits per heavy atom. The van der Waals surface area contributed by atoms with Crippen molar-refractivity contribution < 1.29 is 17.6 Å². The van der Waals surface area contributed by atoms with Gasteiger partial charge in [-0.3, -0.25) is 0 Å². The number of ether oxygens (including phenoxy) is 1. The Hall–Kier alpha value is -2.06. The van der Waals surface area contributed by atoms with Gasteiger partial charge in [0.2, 0.25) is 26.6 Å². The van der Waals surface area contributed by atoms with Crippen LogP contribution in [0.1, 0.15) is 0 Å². The number of nitrogens with zero attached hydrogens (tertiary/aromatic N) is 2. The maximum Gasteiger partial charge on any atom is 0.236 e. The highest BCUT2D eigenvalue weighted by atomic mass is 35.5. The van der Waals surface area contributed by atoms with E-state index in [1.165, 1.54) is 24.3 Å². The van der Waals surface area contributed by atoms with Gasteiger partial charge < -0.3 is 14.1 Å². The lowest BCUT2D eigenvalue weighted by molar-refractivity contribution is 0.120. The Bertz CT molecular complexity index is 1070. The summed E-state index contributed by atoms with van der Waals surface area (Å²) in [4.78, 5) is 6.27. The summed E-state index contributed by atoms with van der Waals surface area (Å²) in [5, 5.41) is 0.897. The van der Waals surface area contributed by atoms with Crippen molar-refractivity contribution in [2.45, 2.75) is 9.92 Å². The van der Waals surface area contributed by atoms with Crippen molar-refractivity contribution >= 4 is 38.9 Å². The van der Waals surface area contributed by atoms with Crippen LogP contribution in [-0.4, -0.2) is 39.7 Å². The summed E-state index contributed by atoms with van der Waals surface area (Å²) in [6, 6.07) is 12.8. The van der Waals surface area contributed by atoms with Gasteiger partial charge in [0.15, 0.2) is 0 Å². The van der Waals surface area contributed by atoms with Crippen molar-refractivity contribution in [3.63, 3.8) is 0 Å². The molecule has 1 aliphatic rings. The maximum atomic E-state index is 13.3. The van der Waals surface area contributed by atoms with E-state index >= 15 is 0 Å². The van der Waals surface area contributed by atoms with Crippen molar-refractivity contribution in [2.75, 3.05) is 31.2 Å². The predicted octanol–water partition coefficient (Wildman–Crippen LogP) is 4.32. The lowest BCUT2D eigenvalue weighted by Crippen LogP contribution is -2.36. The molecule has 4 rings (SSSR count). The third-order valence-corrected chi connectivity index (χ3v) is 6.52. The number of aromatic nitrogens is 1. The fourth-order valence-electron chi connectivity index (χ4n) is 2.88. The minimum absolute atomic E-state index is 0.0994. The molecule has 0 spiro atoms. The van der Waals surface area contributed by atoms with Crippen molar-refractivity contribution in [1.82, 2.24) is 4.98 Å². The molecule has 0 aliphatic carbocycles. The number of morpholine rings is 1. The van der Waals surface area contributed by atoms with Crippen LogP contribution >= 0.6 is 23.2 Å². The second-order valence-electron chi connectivity index (χ2n) is 6.19. The monoisotopic (exact) mass is 438 g/mol. The van der Waals surface area contributed by atoms with Gasteiger partial charge in [0.05, 0.1) is 18.1 Å². The molecule has 0 radical (unpaired) electrons. The quantitative estimate of drug-likeness (QED) is 0.603. The topological polar surface area (TPSA) is 72.6 Å². The summed E-state index contributed by atoms with van der Waals surface area (Å²) in [6.45, 7) is 1.99. The Kier molecular flexibility index (Phi) is 5.33. The molecule has 9 heteroatoms. The number of anilines is 1. The molecular formula is C19H16Cl2N2O4S. The number of sulfone groups is 1. The molecular weight excluding hydrogens is 423 g/mol. The van der Waals surface area contributed by atoms with Gasteiger partial charge in [0, 0.05) is 28.7 Å². The standard InChI is InChI=1S/C19H16Cl2N2O4S/c20-14-3-1-13(2-4-14)17-22-18(19(27-17)23-9-11-26-12-10-23)28(24,25)16-7-5-15(21)6-8-16/h1-8H,9-12H2. The lowest BCUT2D eigenvalue weighted by Gasteiger charge is -2.26. The number of benzene rings is 2. The van der Waals surface area contributed by atoms with Gasteiger partial charge in [-0.1, -0.05) is 23.2 Å². The molecule has 1 fully saturated rings. The number of rotatable bonds is 4. The third kappa shape index (κ3) is 3.75. The van der Waals surface area contributed by atoms with Gasteiger partial charge in [-0.05, 0) is 48.5 Å². The summed E-state index contributed by atoms with van der Waals surface area (Å²) in [5.41, 5.74) is 0.636. The molecule has 1 aromatic heterocycles. The average Bonchev–Trinajstić information content (AvgIpc) is 3.16. The molecule has 0 saturated carbocycles. The van der Waals surface area contributed by atoms with Crippen LogP contribution in [-0.2, 0) is 14.6 Å². The van der Waals surface area contributed by atoms with E-state index in [-0.39, 0.29) is 21.7 Å². The van der Waals surface area contributed by atoms with Crippen LogP contribution in [0.5, 0.6) is 0 Å². The number of hydrogen-bond donors (Lipinski definition) is 0. The molecule has 0 bridgehead atoms. The highest BCUT2D eigenvalue weighted by Gasteiger charge is 2.32. The molecule has 2 heterocycles. The fraction of sp³-hybridized carbons (Fsp3) is 0.211. The first kappa shape index (κ1) is 19.3. The zero-order chi connectivity index (χ0) is 19.7. The summed E-state index contributed by atoms with van der Waals surface area (Å²) in [6.07, 6.45) is 0. The number of hydrogen-bond acceptors (Lipinski definition) is 6. The summed E-state index contributed by atoms with van der Waals surface area (Å²) >= 11 is 11.8.